The Kier molecular flexibility index (Phi) is 7.02. The monoisotopic (exact) mass is 438 g/mol. The molecule has 0 spiro atoms. The molecule has 8 nitrogen and oxygen atoms in total. The van der Waals surface area contributed by atoms with Crippen molar-refractivity contribution < 1.29 is 19.0 Å². The molecule has 0 bridgehead atoms. The largest absolute Gasteiger partial charge is 0.493 e. The number of carbonyl (C=O) groups excluding carboxylic acids is 1. The maximum absolute atomic E-state index is 12.8. The molecule has 0 saturated heterocycles. The van der Waals surface area contributed by atoms with Gasteiger partial charge in [0.2, 0.25) is 11.7 Å². The van der Waals surface area contributed by atoms with Crippen LogP contribution in [0.5, 0.6) is 17.2 Å². The summed E-state index contributed by atoms with van der Waals surface area (Å²) in [6.07, 6.45) is 2.42. The van der Waals surface area contributed by atoms with E-state index in [0.29, 0.717) is 35.3 Å². The summed E-state index contributed by atoms with van der Waals surface area (Å²) in [5.41, 5.74) is 1.54. The van der Waals surface area contributed by atoms with Crippen LogP contribution in [0.25, 0.3) is 5.82 Å². The van der Waals surface area contributed by atoms with E-state index in [2.05, 4.69) is 36.2 Å². The topological polar surface area (TPSA) is 87.5 Å². The molecule has 3 aromatic rings. The van der Waals surface area contributed by atoms with Gasteiger partial charge < -0.3 is 19.5 Å². The van der Waals surface area contributed by atoms with Crippen LogP contribution in [-0.2, 0) is 16.6 Å². The number of anilines is 1. The Hall–Kier alpha value is -3.55. The predicted molar refractivity (Wildman–Crippen MR) is 123 cm³/mol. The molecule has 1 aromatic carbocycles. The van der Waals surface area contributed by atoms with Crippen molar-refractivity contribution in [3.8, 4) is 23.1 Å². The lowest BCUT2D eigenvalue weighted by Crippen LogP contribution is -2.16. The van der Waals surface area contributed by atoms with E-state index in [0.717, 1.165) is 11.3 Å². The molecule has 0 atom stereocenters. The summed E-state index contributed by atoms with van der Waals surface area (Å²) in [5.74, 6) is 2.73. The van der Waals surface area contributed by atoms with Crippen molar-refractivity contribution in [2.24, 2.45) is 0 Å². The van der Waals surface area contributed by atoms with Crippen LogP contribution in [0.4, 0.5) is 5.82 Å². The fraction of sp³-hybridized carbons (Fsp3) is 0.375. The maximum Gasteiger partial charge on any atom is 0.225 e. The number of rotatable bonds is 8. The van der Waals surface area contributed by atoms with Crippen molar-refractivity contribution in [2.75, 3.05) is 26.6 Å². The van der Waals surface area contributed by atoms with Crippen LogP contribution in [0.3, 0.4) is 0 Å². The zero-order chi connectivity index (χ0) is 23.3. The lowest BCUT2D eigenvalue weighted by molar-refractivity contribution is -0.116. The lowest BCUT2D eigenvalue weighted by Gasteiger charge is -2.15. The predicted octanol–water partition coefficient (Wildman–Crippen LogP) is 4.16. The second-order valence-corrected chi connectivity index (χ2v) is 8.31. The van der Waals surface area contributed by atoms with Gasteiger partial charge in [-0.3, -0.25) is 4.79 Å². The van der Waals surface area contributed by atoms with Gasteiger partial charge in [-0.15, -0.1) is 0 Å². The highest BCUT2D eigenvalue weighted by molar-refractivity contribution is 5.90. The molecule has 0 saturated carbocycles. The molecular formula is C24H30N4O4. The van der Waals surface area contributed by atoms with Gasteiger partial charge in [-0.05, 0) is 30.2 Å². The molecule has 2 aromatic heterocycles. The highest BCUT2D eigenvalue weighted by Gasteiger charge is 2.22. The van der Waals surface area contributed by atoms with Crippen LogP contribution in [0.15, 0.2) is 42.6 Å². The first-order valence-corrected chi connectivity index (χ1v) is 10.4. The molecule has 1 N–H and O–H groups in total. The number of ether oxygens (including phenoxy) is 3. The number of hydrogen-bond acceptors (Lipinski definition) is 6. The highest BCUT2D eigenvalue weighted by atomic mass is 16.5. The van der Waals surface area contributed by atoms with Crippen LogP contribution in [0, 0.1) is 0 Å². The van der Waals surface area contributed by atoms with Crippen LogP contribution in [0.1, 0.15) is 38.4 Å². The summed E-state index contributed by atoms with van der Waals surface area (Å²) in [6.45, 7) is 6.23. The first kappa shape index (κ1) is 23.1. The number of nitrogens with one attached hydrogen (secondary N) is 1. The molecule has 170 valence electrons. The molecule has 0 aliphatic rings. The molecule has 0 radical (unpaired) electrons. The van der Waals surface area contributed by atoms with Crippen LogP contribution < -0.4 is 19.5 Å². The molecule has 1 amide bonds. The second-order valence-electron chi connectivity index (χ2n) is 8.31. The average Bonchev–Trinajstić information content (AvgIpc) is 3.21. The van der Waals surface area contributed by atoms with Crippen molar-refractivity contribution in [3.63, 3.8) is 0 Å². The van der Waals surface area contributed by atoms with Gasteiger partial charge >= 0.3 is 0 Å². The summed E-state index contributed by atoms with van der Waals surface area (Å²) in [7, 11) is 4.70. The summed E-state index contributed by atoms with van der Waals surface area (Å²) in [6, 6.07) is 11.2. The van der Waals surface area contributed by atoms with Crippen LogP contribution >= 0.6 is 0 Å². The van der Waals surface area contributed by atoms with Crippen molar-refractivity contribution in [1.29, 1.82) is 0 Å². The third-order valence-corrected chi connectivity index (χ3v) is 5.02. The van der Waals surface area contributed by atoms with Gasteiger partial charge in [-0.2, -0.15) is 9.78 Å². The minimum absolute atomic E-state index is 0.139. The minimum atomic E-state index is -0.174. The standard InChI is InChI=1S/C24H30N4O4/c1-24(2,3)18-15-20(28(27-18)19-9-7-8-14-25-19)26-21(29)13-11-16-10-12-17(30-4)23(32-6)22(16)31-5/h7-10,12,14-15H,11,13H2,1-6H3,(H,26,29). The van der Waals surface area contributed by atoms with Gasteiger partial charge in [0.05, 0.1) is 27.0 Å². The Morgan fingerprint density at radius 2 is 1.78 bits per heavy atom. The molecular weight excluding hydrogens is 408 g/mol. The molecule has 0 unspecified atom stereocenters. The van der Waals surface area contributed by atoms with E-state index >= 15 is 0 Å². The zero-order valence-corrected chi connectivity index (χ0v) is 19.4. The van der Waals surface area contributed by atoms with E-state index in [4.69, 9.17) is 14.2 Å². The van der Waals surface area contributed by atoms with E-state index in [1.807, 2.05) is 30.3 Å². The first-order valence-electron chi connectivity index (χ1n) is 10.4. The third-order valence-electron chi connectivity index (χ3n) is 5.02. The van der Waals surface area contributed by atoms with Crippen molar-refractivity contribution in [2.45, 2.75) is 39.0 Å². The Bertz CT molecular complexity index is 1070. The molecule has 2 heterocycles. The van der Waals surface area contributed by atoms with E-state index < -0.39 is 0 Å². The quantitative estimate of drug-likeness (QED) is 0.568. The van der Waals surface area contributed by atoms with Gasteiger partial charge in [-0.25, -0.2) is 4.98 Å². The number of nitrogens with zero attached hydrogens (tertiary/aromatic N) is 3. The van der Waals surface area contributed by atoms with E-state index in [-0.39, 0.29) is 17.7 Å². The molecule has 0 aliphatic carbocycles. The number of benzene rings is 1. The molecule has 32 heavy (non-hydrogen) atoms. The van der Waals surface area contributed by atoms with E-state index in [9.17, 15) is 4.79 Å². The van der Waals surface area contributed by atoms with Crippen LogP contribution in [-0.4, -0.2) is 42.0 Å². The van der Waals surface area contributed by atoms with Gasteiger partial charge in [0, 0.05) is 24.1 Å². The van der Waals surface area contributed by atoms with Crippen molar-refractivity contribution in [3.05, 3.63) is 53.9 Å². The van der Waals surface area contributed by atoms with Crippen LogP contribution in [0.2, 0.25) is 0 Å². The smallest absolute Gasteiger partial charge is 0.225 e. The Balaban J connectivity index is 1.81. The second kappa shape index (κ2) is 9.72. The third kappa shape index (κ3) is 5.01. The SMILES string of the molecule is COc1ccc(CCC(=O)Nc2cc(C(C)(C)C)nn2-c2ccccn2)c(OC)c1OC. The molecule has 0 fully saturated rings. The number of aromatic nitrogens is 3. The van der Waals surface area contributed by atoms with Gasteiger partial charge in [0.15, 0.2) is 17.3 Å². The number of pyridine rings is 1. The Morgan fingerprint density at radius 3 is 2.38 bits per heavy atom. The number of aryl methyl sites for hydroxylation is 1. The number of methoxy groups -OCH3 is 3. The number of carbonyl (C=O) groups is 1. The van der Waals surface area contributed by atoms with Gasteiger partial charge in [-0.1, -0.05) is 32.9 Å². The summed E-state index contributed by atoms with van der Waals surface area (Å²) in [4.78, 5) is 17.2. The minimum Gasteiger partial charge on any atom is -0.493 e. The van der Waals surface area contributed by atoms with E-state index in [1.165, 1.54) is 0 Å². The fourth-order valence-electron chi connectivity index (χ4n) is 3.30. The summed E-state index contributed by atoms with van der Waals surface area (Å²) < 4.78 is 17.9. The highest BCUT2D eigenvalue weighted by Crippen LogP contribution is 2.40. The lowest BCUT2D eigenvalue weighted by atomic mass is 9.92. The molecule has 8 heteroatoms. The first-order chi connectivity index (χ1) is 15.3. The van der Waals surface area contributed by atoms with Gasteiger partial charge in [0.25, 0.3) is 0 Å². The Morgan fingerprint density at radius 1 is 1.03 bits per heavy atom. The van der Waals surface area contributed by atoms with Gasteiger partial charge in [0.1, 0.15) is 5.82 Å². The summed E-state index contributed by atoms with van der Waals surface area (Å²) in [5, 5.41) is 7.67. The van der Waals surface area contributed by atoms with E-state index in [1.54, 1.807) is 38.3 Å². The molecule has 0 aliphatic heterocycles. The summed E-state index contributed by atoms with van der Waals surface area (Å²) >= 11 is 0. The number of amides is 1. The molecule has 3 rings (SSSR count). The van der Waals surface area contributed by atoms with Crippen molar-refractivity contribution in [1.82, 2.24) is 14.8 Å². The Labute approximate surface area is 188 Å². The maximum atomic E-state index is 12.8. The van der Waals surface area contributed by atoms with Crippen molar-refractivity contribution >= 4 is 11.7 Å². The zero-order valence-electron chi connectivity index (χ0n) is 19.4. The number of hydrogen-bond donors (Lipinski definition) is 1. The normalized spacial score (nSPS) is 11.2. The fourth-order valence-corrected chi connectivity index (χ4v) is 3.30. The average molecular weight is 439 g/mol.